The first kappa shape index (κ1) is 23.2. The van der Waals surface area contributed by atoms with Crippen molar-refractivity contribution in [2.24, 2.45) is 0 Å². The Hall–Kier alpha value is -2.82. The minimum absolute atomic E-state index is 0.125. The highest BCUT2D eigenvalue weighted by molar-refractivity contribution is 5.20. The van der Waals surface area contributed by atoms with Gasteiger partial charge in [-0.05, 0) is 38.1 Å². The van der Waals surface area contributed by atoms with E-state index in [2.05, 4.69) is 38.1 Å². The van der Waals surface area contributed by atoms with Crippen LogP contribution in [0, 0.1) is 13.8 Å². The second kappa shape index (κ2) is 15.7. The summed E-state index contributed by atoms with van der Waals surface area (Å²) < 4.78 is 0. The molecule has 0 heterocycles. The predicted octanol–water partition coefficient (Wildman–Crippen LogP) is 4.06. The van der Waals surface area contributed by atoms with Crippen LogP contribution in [-0.4, -0.2) is 33.6 Å². The number of benzene rings is 3. The topological polar surface area (TPSA) is 80.9 Å². The number of para-hydroxylation sites is 2. The van der Waals surface area contributed by atoms with Crippen molar-refractivity contribution >= 4 is 0 Å². The predicted molar refractivity (Wildman–Crippen MR) is 106 cm³/mol. The van der Waals surface area contributed by atoms with E-state index in [9.17, 15) is 0 Å². The van der Waals surface area contributed by atoms with Gasteiger partial charge in [-0.1, -0.05) is 71.8 Å². The maximum atomic E-state index is 8.63. The van der Waals surface area contributed by atoms with Gasteiger partial charge in [-0.2, -0.15) is 0 Å². The van der Waals surface area contributed by atoms with Crippen molar-refractivity contribution in [2.75, 3.05) is 13.2 Å². The summed E-state index contributed by atoms with van der Waals surface area (Å²) in [5.74, 6) is 0.644. The van der Waals surface area contributed by atoms with Crippen LogP contribution in [0.4, 0.5) is 0 Å². The molecule has 0 fully saturated rings. The Bertz CT molecular complexity index is 592. The SMILES string of the molecule is Cc1ccc(C)cc1.OCCO.Oc1ccccc1.Oc1ccccc1. The number of aliphatic hydroxyl groups is 2. The van der Waals surface area contributed by atoms with Crippen molar-refractivity contribution in [3.05, 3.63) is 96.1 Å². The first-order valence-electron chi connectivity index (χ1n) is 8.22. The summed E-state index contributed by atoms with van der Waals surface area (Å²) in [6.45, 7) is 3.94. The van der Waals surface area contributed by atoms with Crippen molar-refractivity contribution in [1.29, 1.82) is 0 Å². The van der Waals surface area contributed by atoms with Gasteiger partial charge in [0.1, 0.15) is 11.5 Å². The molecule has 4 heteroatoms. The van der Waals surface area contributed by atoms with Gasteiger partial charge in [-0.3, -0.25) is 0 Å². The lowest BCUT2D eigenvalue weighted by molar-refractivity contribution is 0.186. The number of aromatic hydroxyl groups is 2. The fourth-order valence-electron chi connectivity index (χ4n) is 1.49. The maximum absolute atomic E-state index is 8.63. The van der Waals surface area contributed by atoms with Crippen molar-refractivity contribution in [3.63, 3.8) is 0 Å². The molecule has 0 aromatic heterocycles. The number of phenolic OH excluding ortho intramolecular Hbond substituents is 2. The van der Waals surface area contributed by atoms with Crippen LogP contribution in [0.5, 0.6) is 11.5 Å². The summed E-state index contributed by atoms with van der Waals surface area (Å²) in [4.78, 5) is 0. The molecule has 0 spiro atoms. The lowest BCUT2D eigenvalue weighted by Gasteiger charge is -1.90. The normalized spacial score (nSPS) is 8.62. The number of aryl methyl sites for hydroxylation is 2. The molecular weight excluding hydrogens is 328 g/mol. The molecule has 140 valence electrons. The second-order valence-electron chi connectivity index (χ2n) is 5.27. The second-order valence-corrected chi connectivity index (χ2v) is 5.27. The van der Waals surface area contributed by atoms with Gasteiger partial charge in [0.15, 0.2) is 0 Å². The summed E-state index contributed by atoms with van der Waals surface area (Å²) in [5, 5.41) is 32.5. The number of phenols is 2. The first-order chi connectivity index (χ1) is 12.5. The van der Waals surface area contributed by atoms with Crippen LogP contribution in [0.1, 0.15) is 11.1 Å². The van der Waals surface area contributed by atoms with E-state index in [1.54, 1.807) is 48.5 Å². The summed E-state index contributed by atoms with van der Waals surface area (Å²) in [7, 11) is 0. The molecule has 0 amide bonds. The lowest BCUT2D eigenvalue weighted by atomic mass is 10.2. The van der Waals surface area contributed by atoms with Crippen LogP contribution >= 0.6 is 0 Å². The van der Waals surface area contributed by atoms with Gasteiger partial charge >= 0.3 is 0 Å². The van der Waals surface area contributed by atoms with Crippen molar-refractivity contribution in [2.45, 2.75) is 13.8 Å². The summed E-state index contributed by atoms with van der Waals surface area (Å²) in [6.07, 6.45) is 0. The Morgan fingerprint density at radius 1 is 0.500 bits per heavy atom. The molecule has 0 saturated heterocycles. The number of aliphatic hydroxyl groups excluding tert-OH is 2. The Labute approximate surface area is 155 Å². The summed E-state index contributed by atoms with van der Waals surface area (Å²) >= 11 is 0. The van der Waals surface area contributed by atoms with Crippen LogP contribution in [-0.2, 0) is 0 Å². The Morgan fingerprint density at radius 2 is 0.769 bits per heavy atom. The lowest BCUT2D eigenvalue weighted by Crippen LogP contribution is -1.85. The van der Waals surface area contributed by atoms with Gasteiger partial charge in [0.05, 0.1) is 13.2 Å². The van der Waals surface area contributed by atoms with Crippen LogP contribution in [0.25, 0.3) is 0 Å². The monoisotopic (exact) mass is 356 g/mol. The van der Waals surface area contributed by atoms with Crippen LogP contribution in [0.15, 0.2) is 84.9 Å². The Kier molecular flexibility index (Phi) is 14.0. The zero-order chi connectivity index (χ0) is 19.6. The molecule has 3 rings (SSSR count). The quantitative estimate of drug-likeness (QED) is 0.530. The molecule has 26 heavy (non-hydrogen) atoms. The average Bonchev–Trinajstić information content (AvgIpc) is 2.67. The fraction of sp³-hybridized carbons (Fsp3) is 0.182. The minimum atomic E-state index is -0.125. The number of hydrogen-bond donors (Lipinski definition) is 4. The molecule has 3 aromatic carbocycles. The zero-order valence-electron chi connectivity index (χ0n) is 15.3. The van der Waals surface area contributed by atoms with Gasteiger partial charge in [0.2, 0.25) is 0 Å². The Balaban J connectivity index is 0.000000329. The van der Waals surface area contributed by atoms with Gasteiger partial charge in [-0.25, -0.2) is 0 Å². The van der Waals surface area contributed by atoms with Gasteiger partial charge in [0.25, 0.3) is 0 Å². The van der Waals surface area contributed by atoms with E-state index in [1.165, 1.54) is 11.1 Å². The van der Waals surface area contributed by atoms with E-state index in [4.69, 9.17) is 20.4 Å². The van der Waals surface area contributed by atoms with E-state index in [0.717, 1.165) is 0 Å². The van der Waals surface area contributed by atoms with E-state index in [-0.39, 0.29) is 13.2 Å². The molecule has 0 aliphatic carbocycles. The van der Waals surface area contributed by atoms with E-state index < -0.39 is 0 Å². The Morgan fingerprint density at radius 3 is 0.923 bits per heavy atom. The third-order valence-electron chi connectivity index (χ3n) is 2.83. The smallest absolute Gasteiger partial charge is 0.115 e. The summed E-state index contributed by atoms with van der Waals surface area (Å²) in [5.41, 5.74) is 2.66. The molecule has 0 radical (unpaired) electrons. The molecule has 4 nitrogen and oxygen atoms in total. The fourth-order valence-corrected chi connectivity index (χ4v) is 1.49. The standard InChI is InChI=1S/C8H10.2C6H6O.C2H6O2/c1-7-3-5-8(2)6-4-7;2*7-6-4-2-1-3-5-6;3-1-2-4/h3-6H,1-2H3;2*1-5,7H;3-4H,1-2H2. The third-order valence-corrected chi connectivity index (χ3v) is 2.83. The van der Waals surface area contributed by atoms with E-state index >= 15 is 0 Å². The molecule has 0 aliphatic rings. The maximum Gasteiger partial charge on any atom is 0.115 e. The van der Waals surface area contributed by atoms with Crippen molar-refractivity contribution in [3.8, 4) is 11.5 Å². The van der Waals surface area contributed by atoms with Gasteiger partial charge in [-0.15, -0.1) is 0 Å². The van der Waals surface area contributed by atoms with Gasteiger partial charge < -0.3 is 20.4 Å². The molecule has 0 bridgehead atoms. The molecular formula is C22H28O4. The first-order valence-corrected chi connectivity index (χ1v) is 8.22. The van der Waals surface area contributed by atoms with E-state index in [1.807, 2.05) is 12.1 Å². The minimum Gasteiger partial charge on any atom is -0.508 e. The number of hydrogen-bond acceptors (Lipinski definition) is 4. The average molecular weight is 356 g/mol. The molecule has 0 atom stereocenters. The van der Waals surface area contributed by atoms with Crippen LogP contribution in [0.3, 0.4) is 0 Å². The molecule has 0 aliphatic heterocycles. The highest BCUT2D eigenvalue weighted by Crippen LogP contribution is 2.03. The molecule has 4 N–H and O–H groups in total. The molecule has 0 saturated carbocycles. The zero-order valence-corrected chi connectivity index (χ0v) is 15.3. The third kappa shape index (κ3) is 14.8. The van der Waals surface area contributed by atoms with E-state index in [0.29, 0.717) is 11.5 Å². The largest absolute Gasteiger partial charge is 0.508 e. The highest BCUT2D eigenvalue weighted by Gasteiger charge is 1.80. The summed E-state index contributed by atoms with van der Waals surface area (Å²) in [6, 6.07) is 25.9. The highest BCUT2D eigenvalue weighted by atomic mass is 16.3. The molecule has 0 unspecified atom stereocenters. The van der Waals surface area contributed by atoms with Crippen LogP contribution in [0.2, 0.25) is 0 Å². The van der Waals surface area contributed by atoms with Crippen molar-refractivity contribution in [1.82, 2.24) is 0 Å². The molecule has 3 aromatic rings. The van der Waals surface area contributed by atoms with Crippen LogP contribution < -0.4 is 0 Å². The number of rotatable bonds is 1. The van der Waals surface area contributed by atoms with Crippen molar-refractivity contribution < 1.29 is 20.4 Å². The van der Waals surface area contributed by atoms with Gasteiger partial charge in [0, 0.05) is 0 Å².